The highest BCUT2D eigenvalue weighted by molar-refractivity contribution is 4.66. The zero-order chi connectivity index (χ0) is 16.7. The van der Waals surface area contributed by atoms with Gasteiger partial charge in [-0.05, 0) is 38.5 Å². The van der Waals surface area contributed by atoms with Crippen molar-refractivity contribution in [3.05, 3.63) is 12.7 Å². The quantitative estimate of drug-likeness (QED) is 0.168. The Hall–Kier alpha value is -0.300. The molecule has 0 aliphatic rings. The molecular formula is C21H44N+. The first-order valence-electron chi connectivity index (χ1n) is 9.94. The lowest BCUT2D eigenvalue weighted by molar-refractivity contribution is -0.896. The molecule has 1 nitrogen and oxygen atoms in total. The fraction of sp³-hybridized carbons (Fsp3) is 0.905. The van der Waals surface area contributed by atoms with Gasteiger partial charge in [-0.3, -0.25) is 0 Å². The second-order valence-electron chi connectivity index (χ2n) is 7.96. The Morgan fingerprint density at radius 2 is 1.18 bits per heavy atom. The molecule has 0 aromatic rings. The molecular weight excluding hydrogens is 266 g/mol. The molecule has 0 N–H and O–H groups in total. The van der Waals surface area contributed by atoms with Crippen LogP contribution in [0, 0.1) is 0 Å². The van der Waals surface area contributed by atoms with Crippen LogP contribution >= 0.6 is 0 Å². The molecule has 0 spiro atoms. The highest BCUT2D eigenvalue weighted by atomic mass is 15.3. The van der Waals surface area contributed by atoms with E-state index in [2.05, 4.69) is 40.7 Å². The minimum Gasteiger partial charge on any atom is -0.328 e. The van der Waals surface area contributed by atoms with Crippen LogP contribution in [0.5, 0.6) is 0 Å². The van der Waals surface area contributed by atoms with Crippen molar-refractivity contribution < 1.29 is 4.48 Å². The Morgan fingerprint density at radius 1 is 0.727 bits per heavy atom. The third-order valence-electron chi connectivity index (χ3n) is 4.93. The highest BCUT2D eigenvalue weighted by Crippen LogP contribution is 2.20. The van der Waals surface area contributed by atoms with E-state index in [0.717, 1.165) is 10.5 Å². The average molecular weight is 311 g/mol. The Morgan fingerprint density at radius 3 is 1.64 bits per heavy atom. The maximum Gasteiger partial charge on any atom is 0.0884 e. The van der Waals surface area contributed by atoms with Crippen molar-refractivity contribution >= 4 is 0 Å². The number of hydrogen-bond donors (Lipinski definition) is 0. The molecule has 0 saturated heterocycles. The normalized spacial score (nSPS) is 13.3. The van der Waals surface area contributed by atoms with Crippen LogP contribution in [-0.4, -0.2) is 31.7 Å². The molecule has 1 heteroatoms. The summed E-state index contributed by atoms with van der Waals surface area (Å²) in [6.07, 6.45) is 21.6. The van der Waals surface area contributed by atoms with Gasteiger partial charge in [0.05, 0.1) is 27.2 Å². The maximum atomic E-state index is 3.80. The van der Waals surface area contributed by atoms with Crippen LogP contribution in [0.15, 0.2) is 12.7 Å². The molecule has 0 bridgehead atoms. The van der Waals surface area contributed by atoms with Crippen LogP contribution in [0.4, 0.5) is 0 Å². The Labute approximate surface area is 141 Å². The molecule has 1 unspecified atom stereocenters. The van der Waals surface area contributed by atoms with Crippen molar-refractivity contribution in [2.45, 2.75) is 103 Å². The lowest BCUT2D eigenvalue weighted by Gasteiger charge is -2.34. The van der Waals surface area contributed by atoms with Crippen LogP contribution in [0.2, 0.25) is 0 Å². The van der Waals surface area contributed by atoms with E-state index >= 15 is 0 Å². The van der Waals surface area contributed by atoms with Gasteiger partial charge in [0.25, 0.3) is 0 Å². The molecule has 1 atom stereocenters. The van der Waals surface area contributed by atoms with E-state index in [9.17, 15) is 0 Å². The number of allylic oxidation sites excluding steroid dienone is 1. The number of nitrogens with zero attached hydrogens (tertiary/aromatic N) is 1. The monoisotopic (exact) mass is 310 g/mol. The minimum absolute atomic E-state index is 0.857. The number of hydrogen-bond acceptors (Lipinski definition) is 0. The lowest BCUT2D eigenvalue weighted by atomic mass is 9.98. The molecule has 0 aliphatic carbocycles. The summed E-state index contributed by atoms with van der Waals surface area (Å²) >= 11 is 0. The first-order chi connectivity index (χ1) is 10.5. The van der Waals surface area contributed by atoms with Crippen molar-refractivity contribution in [2.75, 3.05) is 21.1 Å². The second kappa shape index (κ2) is 14.3. The third-order valence-corrected chi connectivity index (χ3v) is 4.93. The standard InChI is InChI=1S/C21H44N/c1-6-8-10-12-14-16-18-20-21(22(3,4)5)19-17-15-13-11-9-7-2/h7,21H,2,6,8-20H2,1,3-5H3/q+1. The molecule has 0 aromatic carbocycles. The molecule has 0 rings (SSSR count). The van der Waals surface area contributed by atoms with E-state index in [4.69, 9.17) is 0 Å². The Bertz CT molecular complexity index is 239. The van der Waals surface area contributed by atoms with Crippen LogP contribution < -0.4 is 0 Å². The van der Waals surface area contributed by atoms with Crippen LogP contribution in [0.3, 0.4) is 0 Å². The van der Waals surface area contributed by atoms with Gasteiger partial charge in [-0.15, -0.1) is 6.58 Å². The zero-order valence-electron chi connectivity index (χ0n) is 16.2. The van der Waals surface area contributed by atoms with E-state index < -0.39 is 0 Å². The van der Waals surface area contributed by atoms with Crippen LogP contribution in [0.25, 0.3) is 0 Å². The zero-order valence-corrected chi connectivity index (χ0v) is 16.2. The number of unbranched alkanes of at least 4 members (excludes halogenated alkanes) is 10. The molecule has 0 saturated carbocycles. The summed E-state index contributed by atoms with van der Waals surface area (Å²) in [7, 11) is 7.14. The maximum absolute atomic E-state index is 3.80. The van der Waals surface area contributed by atoms with Gasteiger partial charge in [0, 0.05) is 0 Å². The summed E-state index contributed by atoms with van der Waals surface area (Å²) in [5, 5.41) is 0. The average Bonchev–Trinajstić information content (AvgIpc) is 2.46. The van der Waals surface area contributed by atoms with Crippen molar-refractivity contribution in [2.24, 2.45) is 0 Å². The Kier molecular flexibility index (Phi) is 14.1. The summed E-state index contributed by atoms with van der Waals surface area (Å²) in [6, 6.07) is 0.857. The molecule has 0 amide bonds. The smallest absolute Gasteiger partial charge is 0.0884 e. The van der Waals surface area contributed by atoms with E-state index in [1.807, 2.05) is 0 Å². The van der Waals surface area contributed by atoms with Crippen LogP contribution in [-0.2, 0) is 0 Å². The van der Waals surface area contributed by atoms with E-state index in [0.29, 0.717) is 0 Å². The molecule has 0 aliphatic heterocycles. The molecule has 0 radical (unpaired) electrons. The van der Waals surface area contributed by atoms with Gasteiger partial charge in [0.2, 0.25) is 0 Å². The molecule has 132 valence electrons. The summed E-state index contributed by atoms with van der Waals surface area (Å²) in [4.78, 5) is 0. The molecule has 0 heterocycles. The highest BCUT2D eigenvalue weighted by Gasteiger charge is 2.22. The minimum atomic E-state index is 0.857. The first-order valence-corrected chi connectivity index (χ1v) is 9.94. The van der Waals surface area contributed by atoms with E-state index in [-0.39, 0.29) is 0 Å². The topological polar surface area (TPSA) is 0 Å². The van der Waals surface area contributed by atoms with Crippen molar-refractivity contribution in [3.8, 4) is 0 Å². The van der Waals surface area contributed by atoms with E-state index in [1.54, 1.807) is 0 Å². The largest absolute Gasteiger partial charge is 0.328 e. The predicted molar refractivity (Wildman–Crippen MR) is 102 cm³/mol. The second-order valence-corrected chi connectivity index (χ2v) is 7.96. The first kappa shape index (κ1) is 21.7. The fourth-order valence-electron chi connectivity index (χ4n) is 3.28. The summed E-state index contributed by atoms with van der Waals surface area (Å²) in [5.74, 6) is 0. The van der Waals surface area contributed by atoms with Gasteiger partial charge in [-0.2, -0.15) is 0 Å². The Balaban J connectivity index is 3.73. The third kappa shape index (κ3) is 13.4. The SMILES string of the molecule is C=CCCCCCCC(CCCCCCCCC)[N+](C)(C)C. The van der Waals surface area contributed by atoms with Gasteiger partial charge in [-0.25, -0.2) is 0 Å². The van der Waals surface area contributed by atoms with Crippen molar-refractivity contribution in [1.29, 1.82) is 0 Å². The summed E-state index contributed by atoms with van der Waals surface area (Å²) < 4.78 is 1.14. The van der Waals surface area contributed by atoms with E-state index in [1.165, 1.54) is 89.9 Å². The fourth-order valence-corrected chi connectivity index (χ4v) is 3.28. The van der Waals surface area contributed by atoms with Crippen molar-refractivity contribution in [1.82, 2.24) is 0 Å². The summed E-state index contributed by atoms with van der Waals surface area (Å²) in [5.41, 5.74) is 0. The molecule has 0 aromatic heterocycles. The lowest BCUT2D eigenvalue weighted by Crippen LogP contribution is -2.45. The predicted octanol–water partition coefficient (Wildman–Crippen LogP) is 6.73. The number of quaternary nitrogens is 1. The molecule has 0 fully saturated rings. The van der Waals surface area contributed by atoms with Gasteiger partial charge < -0.3 is 4.48 Å². The van der Waals surface area contributed by atoms with Gasteiger partial charge in [0.15, 0.2) is 0 Å². The van der Waals surface area contributed by atoms with Gasteiger partial charge >= 0.3 is 0 Å². The summed E-state index contributed by atoms with van der Waals surface area (Å²) in [6.45, 7) is 6.10. The van der Waals surface area contributed by atoms with Crippen molar-refractivity contribution in [3.63, 3.8) is 0 Å². The molecule has 22 heavy (non-hydrogen) atoms. The van der Waals surface area contributed by atoms with Gasteiger partial charge in [-0.1, -0.05) is 64.4 Å². The van der Waals surface area contributed by atoms with Crippen LogP contribution in [0.1, 0.15) is 96.8 Å². The van der Waals surface area contributed by atoms with Gasteiger partial charge in [0.1, 0.15) is 0 Å². The number of rotatable bonds is 16.